The van der Waals surface area contributed by atoms with Crippen molar-refractivity contribution in [1.29, 1.82) is 0 Å². The molecule has 2 aliphatic rings. The van der Waals surface area contributed by atoms with E-state index in [-0.39, 0.29) is 0 Å². The molecule has 0 spiro atoms. The van der Waals surface area contributed by atoms with Gasteiger partial charge >= 0.3 is 0 Å². The number of benzene rings is 1. The molecule has 1 fully saturated rings. The highest BCUT2D eigenvalue weighted by Crippen LogP contribution is 2.36. The van der Waals surface area contributed by atoms with E-state index in [0.717, 1.165) is 17.2 Å². The van der Waals surface area contributed by atoms with E-state index in [0.29, 0.717) is 0 Å². The van der Waals surface area contributed by atoms with Gasteiger partial charge in [-0.15, -0.1) is 11.8 Å². The molecule has 16 heavy (non-hydrogen) atoms. The molecule has 1 heterocycles. The van der Waals surface area contributed by atoms with Gasteiger partial charge in [0.15, 0.2) is 0 Å². The lowest BCUT2D eigenvalue weighted by Crippen LogP contribution is -2.42. The van der Waals surface area contributed by atoms with Crippen LogP contribution in [0.2, 0.25) is 0 Å². The van der Waals surface area contributed by atoms with Crippen molar-refractivity contribution < 1.29 is 0 Å². The molecule has 86 valence electrons. The third kappa shape index (κ3) is 2.14. The molecule has 1 aliphatic heterocycles. The fraction of sp³-hybridized carbons (Fsp3) is 0.571. The van der Waals surface area contributed by atoms with Crippen molar-refractivity contribution in [2.24, 2.45) is 5.92 Å². The molecule has 1 aromatic rings. The molecule has 1 atom stereocenters. The van der Waals surface area contributed by atoms with Crippen LogP contribution in [-0.4, -0.2) is 17.8 Å². The minimum absolute atomic E-state index is 0.758. The van der Waals surface area contributed by atoms with Gasteiger partial charge in [-0.2, -0.15) is 0 Å². The molecule has 0 radical (unpaired) electrons. The average Bonchev–Trinajstić information content (AvgIpc) is 2.65. The average molecular weight is 233 g/mol. The molecule has 0 saturated heterocycles. The van der Waals surface area contributed by atoms with Crippen LogP contribution in [0.25, 0.3) is 0 Å². The number of fused-ring (bicyclic) bond motifs is 1. The zero-order valence-corrected chi connectivity index (χ0v) is 10.6. The summed E-state index contributed by atoms with van der Waals surface area (Å²) in [7, 11) is 0. The molecule has 1 saturated carbocycles. The third-order valence-electron chi connectivity index (χ3n) is 3.72. The predicted molar refractivity (Wildman–Crippen MR) is 70.0 cm³/mol. The van der Waals surface area contributed by atoms with Crippen LogP contribution < -0.4 is 5.32 Å². The molecule has 1 aliphatic carbocycles. The minimum atomic E-state index is 0.758. The van der Waals surface area contributed by atoms with Crippen LogP contribution in [0.5, 0.6) is 0 Å². The van der Waals surface area contributed by atoms with Crippen molar-refractivity contribution in [3.8, 4) is 0 Å². The van der Waals surface area contributed by atoms with E-state index in [2.05, 4.69) is 48.3 Å². The van der Waals surface area contributed by atoms with E-state index in [4.69, 9.17) is 0 Å². The highest BCUT2D eigenvalue weighted by Gasteiger charge is 2.27. The topological polar surface area (TPSA) is 12.0 Å². The van der Waals surface area contributed by atoms with Crippen molar-refractivity contribution in [2.45, 2.75) is 42.4 Å². The second-order valence-corrected chi connectivity index (χ2v) is 6.58. The number of thioether (sulfide) groups is 1. The van der Waals surface area contributed by atoms with Crippen LogP contribution in [0.4, 0.5) is 0 Å². The summed E-state index contributed by atoms with van der Waals surface area (Å²) in [6.45, 7) is 3.52. The summed E-state index contributed by atoms with van der Waals surface area (Å²) in [4.78, 5) is 1.50. The Hall–Kier alpha value is -0.470. The highest BCUT2D eigenvalue weighted by atomic mass is 32.2. The first-order valence-corrected chi connectivity index (χ1v) is 7.17. The Balaban J connectivity index is 1.49. The quantitative estimate of drug-likeness (QED) is 0.861. The molecular weight excluding hydrogens is 214 g/mol. The lowest BCUT2D eigenvalue weighted by Gasteiger charge is -2.34. The summed E-state index contributed by atoms with van der Waals surface area (Å²) < 4.78 is 0. The van der Waals surface area contributed by atoms with E-state index in [1.165, 1.54) is 30.7 Å². The fourth-order valence-corrected chi connectivity index (χ4v) is 4.00. The third-order valence-corrected chi connectivity index (χ3v) is 5.04. The first-order chi connectivity index (χ1) is 7.81. The van der Waals surface area contributed by atoms with Gasteiger partial charge in [0.05, 0.1) is 0 Å². The molecule has 1 N–H and O–H groups in total. The Labute approximate surface area is 102 Å². The maximum atomic E-state index is 3.71. The number of hydrogen-bond acceptors (Lipinski definition) is 2. The summed E-state index contributed by atoms with van der Waals surface area (Å²) >= 11 is 2.05. The molecule has 0 bridgehead atoms. The van der Waals surface area contributed by atoms with Crippen molar-refractivity contribution in [3.63, 3.8) is 0 Å². The van der Waals surface area contributed by atoms with Crippen LogP contribution in [0.3, 0.4) is 0 Å². The highest BCUT2D eigenvalue weighted by molar-refractivity contribution is 8.00. The van der Waals surface area contributed by atoms with Crippen LogP contribution in [-0.2, 0) is 6.42 Å². The van der Waals surface area contributed by atoms with Gasteiger partial charge in [0.2, 0.25) is 0 Å². The Kier molecular flexibility index (Phi) is 2.95. The number of rotatable bonds is 3. The zero-order valence-electron chi connectivity index (χ0n) is 9.78. The van der Waals surface area contributed by atoms with E-state index in [1.54, 1.807) is 5.56 Å². The fourth-order valence-electron chi connectivity index (χ4n) is 2.73. The first kappa shape index (κ1) is 10.7. The van der Waals surface area contributed by atoms with Crippen LogP contribution in [0.15, 0.2) is 29.2 Å². The molecular formula is C14H19NS. The van der Waals surface area contributed by atoms with Crippen molar-refractivity contribution in [2.75, 3.05) is 6.54 Å². The van der Waals surface area contributed by atoms with Gasteiger partial charge in [-0.3, -0.25) is 0 Å². The summed E-state index contributed by atoms with van der Waals surface area (Å²) in [6.07, 6.45) is 4.00. The second kappa shape index (κ2) is 4.42. The van der Waals surface area contributed by atoms with E-state index in [1.807, 2.05) is 0 Å². The van der Waals surface area contributed by atoms with Crippen LogP contribution in [0.1, 0.15) is 25.3 Å². The molecule has 1 aromatic carbocycles. The van der Waals surface area contributed by atoms with Gasteiger partial charge in [-0.05, 0) is 36.8 Å². The molecule has 3 rings (SSSR count). The summed E-state index contributed by atoms with van der Waals surface area (Å²) in [5.74, 6) is 0.950. The lowest BCUT2D eigenvalue weighted by molar-refractivity contribution is 0.242. The zero-order chi connectivity index (χ0) is 11.0. The minimum Gasteiger partial charge on any atom is -0.313 e. The lowest BCUT2D eigenvalue weighted by atomic mass is 9.82. The van der Waals surface area contributed by atoms with E-state index >= 15 is 0 Å². The molecule has 0 aromatic heterocycles. The Morgan fingerprint density at radius 1 is 1.31 bits per heavy atom. The standard InChI is InChI=1S/C14H19NS/c1-10-6-12(7-10)15-9-13-8-11-4-2-3-5-14(11)16-13/h2-5,10,12-13,15H,6-9H2,1H3. The van der Waals surface area contributed by atoms with Crippen LogP contribution in [0, 0.1) is 5.92 Å². The largest absolute Gasteiger partial charge is 0.313 e. The summed E-state index contributed by atoms with van der Waals surface area (Å²) in [5, 5.41) is 4.46. The van der Waals surface area contributed by atoms with E-state index < -0.39 is 0 Å². The molecule has 2 heteroatoms. The predicted octanol–water partition coefficient (Wildman–Crippen LogP) is 3.09. The van der Waals surface area contributed by atoms with Gasteiger partial charge < -0.3 is 5.32 Å². The summed E-state index contributed by atoms with van der Waals surface area (Å²) in [5.41, 5.74) is 1.54. The van der Waals surface area contributed by atoms with Crippen LogP contribution >= 0.6 is 11.8 Å². The first-order valence-electron chi connectivity index (χ1n) is 6.29. The number of nitrogens with one attached hydrogen (secondary N) is 1. The van der Waals surface area contributed by atoms with Gasteiger partial charge in [0, 0.05) is 22.7 Å². The van der Waals surface area contributed by atoms with Gasteiger partial charge in [-0.25, -0.2) is 0 Å². The van der Waals surface area contributed by atoms with Gasteiger partial charge in [0.1, 0.15) is 0 Å². The summed E-state index contributed by atoms with van der Waals surface area (Å²) in [6, 6.07) is 9.64. The molecule has 1 unspecified atom stereocenters. The van der Waals surface area contributed by atoms with Crippen molar-refractivity contribution >= 4 is 11.8 Å². The van der Waals surface area contributed by atoms with Gasteiger partial charge in [0.25, 0.3) is 0 Å². The SMILES string of the molecule is CC1CC(NCC2Cc3ccccc3S2)C1. The molecule has 0 amide bonds. The Morgan fingerprint density at radius 2 is 2.12 bits per heavy atom. The maximum Gasteiger partial charge on any atom is 0.0260 e. The molecule has 1 nitrogen and oxygen atoms in total. The van der Waals surface area contributed by atoms with Crippen molar-refractivity contribution in [3.05, 3.63) is 29.8 Å². The number of hydrogen-bond donors (Lipinski definition) is 1. The smallest absolute Gasteiger partial charge is 0.0260 e. The monoisotopic (exact) mass is 233 g/mol. The maximum absolute atomic E-state index is 3.71. The van der Waals surface area contributed by atoms with Crippen molar-refractivity contribution in [1.82, 2.24) is 5.32 Å². The Morgan fingerprint density at radius 3 is 2.88 bits per heavy atom. The second-order valence-electron chi connectivity index (χ2n) is 5.23. The normalized spacial score (nSPS) is 32.2. The van der Waals surface area contributed by atoms with E-state index in [9.17, 15) is 0 Å². The van der Waals surface area contributed by atoms with Gasteiger partial charge in [-0.1, -0.05) is 25.1 Å². The Bertz CT molecular complexity index is 346.